The number of rotatable bonds is 3. The molecular weight excluding hydrogens is 203 g/mol. The van der Waals surface area contributed by atoms with Crippen molar-refractivity contribution in [3.63, 3.8) is 0 Å². The molecule has 1 atom stereocenters. The maximum absolute atomic E-state index is 12.7. The molecule has 1 aromatic rings. The molecule has 0 aliphatic carbocycles. The summed E-state index contributed by atoms with van der Waals surface area (Å²) in [5, 5.41) is 2.48. The van der Waals surface area contributed by atoms with Crippen LogP contribution in [0.15, 0.2) is 24.3 Å². The number of amides is 1. The number of hydrogen-bond donors (Lipinski definition) is 3. The highest BCUT2D eigenvalue weighted by Crippen LogP contribution is 2.09. The Morgan fingerprint density at radius 2 is 2.36 bits per heavy atom. The first-order valence-corrected chi connectivity index (χ1v) is 4.69. The number of halogens is 1. The van der Waals surface area contributed by atoms with Crippen LogP contribution in [0.2, 0.25) is 0 Å². The minimum atomic E-state index is -0.679. The molecule has 0 saturated carbocycles. The zero-order valence-corrected chi connectivity index (χ0v) is 8.30. The third-order valence-electron chi connectivity index (χ3n) is 1.63. The number of nitrogens with two attached hydrogens (primary N) is 1. The van der Waals surface area contributed by atoms with Crippen molar-refractivity contribution in [3.05, 3.63) is 30.1 Å². The lowest BCUT2D eigenvalue weighted by Crippen LogP contribution is -2.37. The molecule has 14 heavy (non-hydrogen) atoms. The minimum absolute atomic E-state index is 0.251. The zero-order valence-electron chi connectivity index (χ0n) is 7.40. The highest BCUT2D eigenvalue weighted by molar-refractivity contribution is 7.80. The molecule has 3 N–H and O–H groups in total. The summed E-state index contributed by atoms with van der Waals surface area (Å²) in [4.78, 5) is 11.2. The molecule has 0 aliphatic rings. The smallest absolute Gasteiger partial charge is 0.242 e. The molecule has 0 fully saturated rings. The molecule has 0 spiro atoms. The largest absolute Gasteiger partial charge is 0.325 e. The van der Waals surface area contributed by atoms with Crippen LogP contribution in [0.1, 0.15) is 0 Å². The second-order valence-corrected chi connectivity index (χ2v) is 3.15. The summed E-state index contributed by atoms with van der Waals surface area (Å²) < 4.78 is 12.7. The van der Waals surface area contributed by atoms with Gasteiger partial charge in [-0.05, 0) is 18.2 Å². The molecule has 1 rings (SSSR count). The van der Waals surface area contributed by atoms with Crippen molar-refractivity contribution in [3.8, 4) is 0 Å². The number of benzene rings is 1. The van der Waals surface area contributed by atoms with Crippen LogP contribution in [-0.2, 0) is 4.79 Å². The highest BCUT2D eigenvalue weighted by atomic mass is 32.1. The highest BCUT2D eigenvalue weighted by Gasteiger charge is 2.11. The molecule has 1 amide bonds. The summed E-state index contributed by atoms with van der Waals surface area (Å²) in [6.45, 7) is 0. The number of carbonyl (C=O) groups excluding carboxylic acids is 1. The van der Waals surface area contributed by atoms with E-state index in [2.05, 4.69) is 17.9 Å². The van der Waals surface area contributed by atoms with Gasteiger partial charge in [0.05, 0.1) is 6.04 Å². The van der Waals surface area contributed by atoms with Gasteiger partial charge in [0.2, 0.25) is 5.91 Å². The molecule has 1 unspecified atom stereocenters. The van der Waals surface area contributed by atoms with Crippen molar-refractivity contribution in [2.24, 2.45) is 5.73 Å². The van der Waals surface area contributed by atoms with E-state index in [-0.39, 0.29) is 11.7 Å². The lowest BCUT2D eigenvalue weighted by Gasteiger charge is -2.09. The normalized spacial score (nSPS) is 12.2. The lowest BCUT2D eigenvalue weighted by atomic mass is 10.3. The first-order valence-electron chi connectivity index (χ1n) is 4.06. The summed E-state index contributed by atoms with van der Waals surface area (Å²) >= 11 is 3.88. The summed E-state index contributed by atoms with van der Waals surface area (Å²) in [6, 6.07) is 4.95. The van der Waals surface area contributed by atoms with Crippen molar-refractivity contribution in [1.82, 2.24) is 0 Å². The molecule has 3 nitrogen and oxygen atoms in total. The third kappa shape index (κ3) is 3.01. The molecule has 1 aromatic carbocycles. The number of carbonyl (C=O) groups is 1. The maximum atomic E-state index is 12.7. The van der Waals surface area contributed by atoms with E-state index in [4.69, 9.17) is 5.73 Å². The Hall–Kier alpha value is -1.07. The van der Waals surface area contributed by atoms with Gasteiger partial charge >= 0.3 is 0 Å². The van der Waals surface area contributed by atoms with Gasteiger partial charge in [-0.2, -0.15) is 12.6 Å². The Labute approximate surface area is 86.9 Å². The van der Waals surface area contributed by atoms with Crippen LogP contribution in [0.5, 0.6) is 0 Å². The Balaban J connectivity index is 2.65. The molecule has 76 valence electrons. The predicted molar refractivity (Wildman–Crippen MR) is 56.9 cm³/mol. The molecule has 0 saturated heterocycles. The van der Waals surface area contributed by atoms with Crippen LogP contribution in [0.3, 0.4) is 0 Å². The molecule has 0 radical (unpaired) electrons. The van der Waals surface area contributed by atoms with Crippen molar-refractivity contribution in [2.75, 3.05) is 11.1 Å². The molecule has 0 aliphatic heterocycles. The SMILES string of the molecule is NC(CS)C(=O)Nc1cccc(F)c1. The van der Waals surface area contributed by atoms with Crippen LogP contribution < -0.4 is 11.1 Å². The van der Waals surface area contributed by atoms with Gasteiger partial charge in [0.1, 0.15) is 5.82 Å². The topological polar surface area (TPSA) is 55.1 Å². The Morgan fingerprint density at radius 3 is 2.93 bits per heavy atom. The van der Waals surface area contributed by atoms with Crippen molar-refractivity contribution < 1.29 is 9.18 Å². The van der Waals surface area contributed by atoms with Crippen molar-refractivity contribution in [2.45, 2.75) is 6.04 Å². The average molecular weight is 214 g/mol. The van der Waals surface area contributed by atoms with Crippen LogP contribution >= 0.6 is 12.6 Å². The fourth-order valence-corrected chi connectivity index (χ4v) is 1.05. The van der Waals surface area contributed by atoms with Crippen molar-refractivity contribution >= 4 is 24.2 Å². The van der Waals surface area contributed by atoms with Gasteiger partial charge in [-0.1, -0.05) is 6.07 Å². The molecular formula is C9H11FN2OS. The monoisotopic (exact) mass is 214 g/mol. The quantitative estimate of drug-likeness (QED) is 0.658. The Morgan fingerprint density at radius 1 is 1.64 bits per heavy atom. The van der Waals surface area contributed by atoms with Gasteiger partial charge in [-0.3, -0.25) is 4.79 Å². The molecule has 5 heteroatoms. The van der Waals surface area contributed by atoms with Gasteiger partial charge in [0.15, 0.2) is 0 Å². The van der Waals surface area contributed by atoms with Gasteiger partial charge in [-0.15, -0.1) is 0 Å². The predicted octanol–water partition coefficient (Wildman–Crippen LogP) is 1.02. The second kappa shape index (κ2) is 4.97. The van der Waals surface area contributed by atoms with Crippen LogP contribution in [0.4, 0.5) is 10.1 Å². The van der Waals surface area contributed by atoms with Crippen LogP contribution in [-0.4, -0.2) is 17.7 Å². The number of nitrogens with one attached hydrogen (secondary N) is 1. The Kier molecular flexibility index (Phi) is 3.91. The summed E-state index contributed by atoms with van der Waals surface area (Å²) in [5.41, 5.74) is 5.82. The number of thiol groups is 1. The van der Waals surface area contributed by atoms with E-state index in [9.17, 15) is 9.18 Å². The fourth-order valence-electron chi connectivity index (χ4n) is 0.884. The number of hydrogen-bond acceptors (Lipinski definition) is 3. The summed E-state index contributed by atoms with van der Waals surface area (Å²) in [7, 11) is 0. The molecule has 0 bridgehead atoms. The van der Waals surface area contributed by atoms with E-state index in [1.807, 2.05) is 0 Å². The van der Waals surface area contributed by atoms with E-state index in [0.29, 0.717) is 5.69 Å². The van der Waals surface area contributed by atoms with Crippen LogP contribution in [0.25, 0.3) is 0 Å². The second-order valence-electron chi connectivity index (χ2n) is 2.79. The fraction of sp³-hybridized carbons (Fsp3) is 0.222. The summed E-state index contributed by atoms with van der Waals surface area (Å²) in [6.07, 6.45) is 0. The first-order chi connectivity index (χ1) is 6.63. The summed E-state index contributed by atoms with van der Waals surface area (Å²) in [5.74, 6) is -0.519. The van der Waals surface area contributed by atoms with Gasteiger partial charge in [0.25, 0.3) is 0 Å². The molecule has 0 aromatic heterocycles. The van der Waals surface area contributed by atoms with E-state index < -0.39 is 11.9 Å². The van der Waals surface area contributed by atoms with Crippen molar-refractivity contribution in [1.29, 1.82) is 0 Å². The standard InChI is InChI=1S/C9H11FN2OS/c10-6-2-1-3-7(4-6)12-9(13)8(11)5-14/h1-4,8,14H,5,11H2,(H,12,13). The van der Waals surface area contributed by atoms with Crippen LogP contribution in [0, 0.1) is 5.82 Å². The average Bonchev–Trinajstić information content (AvgIpc) is 2.16. The number of anilines is 1. The van der Waals surface area contributed by atoms with E-state index in [0.717, 1.165) is 0 Å². The van der Waals surface area contributed by atoms with Gasteiger partial charge in [-0.25, -0.2) is 4.39 Å². The van der Waals surface area contributed by atoms with E-state index >= 15 is 0 Å². The Bertz CT molecular complexity index is 332. The first kappa shape index (κ1) is 11.0. The minimum Gasteiger partial charge on any atom is -0.325 e. The lowest BCUT2D eigenvalue weighted by molar-refractivity contribution is -0.116. The molecule has 0 heterocycles. The van der Waals surface area contributed by atoms with Gasteiger partial charge < -0.3 is 11.1 Å². The zero-order chi connectivity index (χ0) is 10.6. The maximum Gasteiger partial charge on any atom is 0.242 e. The third-order valence-corrected chi connectivity index (χ3v) is 2.02. The van der Waals surface area contributed by atoms with Gasteiger partial charge in [0, 0.05) is 11.4 Å². The van der Waals surface area contributed by atoms with E-state index in [1.165, 1.54) is 18.2 Å². The van der Waals surface area contributed by atoms with E-state index in [1.54, 1.807) is 6.07 Å².